The lowest BCUT2D eigenvalue weighted by Crippen LogP contribution is -2.40. The lowest BCUT2D eigenvalue weighted by Gasteiger charge is -2.24. The summed E-state index contributed by atoms with van der Waals surface area (Å²) in [6.07, 6.45) is 3.86. The molecule has 1 aromatic heterocycles. The van der Waals surface area contributed by atoms with Crippen LogP contribution in [0, 0.1) is 6.92 Å². The number of halogens is 2. The van der Waals surface area contributed by atoms with Crippen molar-refractivity contribution in [2.24, 2.45) is 0 Å². The monoisotopic (exact) mass is 411 g/mol. The van der Waals surface area contributed by atoms with Gasteiger partial charge < -0.3 is 15.0 Å². The van der Waals surface area contributed by atoms with Crippen LogP contribution in [0.25, 0.3) is 0 Å². The Morgan fingerprint density at radius 3 is 2.81 bits per heavy atom. The van der Waals surface area contributed by atoms with Crippen molar-refractivity contribution in [2.75, 3.05) is 20.1 Å². The van der Waals surface area contributed by atoms with E-state index in [-0.39, 0.29) is 36.8 Å². The van der Waals surface area contributed by atoms with E-state index in [0.717, 1.165) is 48.5 Å². The number of likely N-dealkylation sites (tertiary alicyclic amines) is 1. The second-order valence-corrected chi connectivity index (χ2v) is 6.48. The lowest BCUT2D eigenvalue weighted by atomic mass is 10.1. The number of aromatic nitrogens is 1. The number of aryl methyl sites for hydroxylation is 1. The molecule has 7 heteroatoms. The predicted octanol–water partition coefficient (Wildman–Crippen LogP) is 3.64. The number of ether oxygens (including phenoxy) is 1. The van der Waals surface area contributed by atoms with Gasteiger partial charge in [-0.2, -0.15) is 0 Å². The van der Waals surface area contributed by atoms with Crippen LogP contribution in [0.15, 0.2) is 42.6 Å². The normalized spacial score (nSPS) is 15.6. The summed E-state index contributed by atoms with van der Waals surface area (Å²) in [5, 5.41) is 3.18. The van der Waals surface area contributed by atoms with E-state index in [1.807, 2.05) is 55.3 Å². The summed E-state index contributed by atoms with van der Waals surface area (Å²) >= 11 is 0. The number of hydrogen-bond donors (Lipinski definition) is 1. The molecule has 0 aliphatic carbocycles. The first kappa shape index (κ1) is 23.2. The van der Waals surface area contributed by atoms with Crippen LogP contribution in [-0.4, -0.2) is 42.0 Å². The first-order valence-electron chi connectivity index (χ1n) is 8.77. The first-order chi connectivity index (χ1) is 12.2. The maximum absolute atomic E-state index is 12.8. The minimum Gasteiger partial charge on any atom is -0.487 e. The number of rotatable bonds is 6. The predicted molar refractivity (Wildman–Crippen MR) is 112 cm³/mol. The Labute approximate surface area is 173 Å². The first-order valence-corrected chi connectivity index (χ1v) is 8.77. The van der Waals surface area contributed by atoms with Gasteiger partial charge in [0.15, 0.2) is 0 Å². The fraction of sp³-hybridized carbons (Fsp3) is 0.400. The summed E-state index contributed by atoms with van der Waals surface area (Å²) in [5.41, 5.74) is 2.67. The quantitative estimate of drug-likeness (QED) is 0.787. The molecular weight excluding hydrogens is 385 g/mol. The zero-order valence-corrected chi connectivity index (χ0v) is 17.3. The van der Waals surface area contributed by atoms with Crippen molar-refractivity contribution in [1.82, 2.24) is 15.2 Å². The van der Waals surface area contributed by atoms with E-state index in [2.05, 4.69) is 10.3 Å². The Morgan fingerprint density at radius 1 is 1.30 bits per heavy atom. The Morgan fingerprint density at radius 2 is 2.11 bits per heavy atom. The highest BCUT2D eigenvalue weighted by Crippen LogP contribution is 2.20. The van der Waals surface area contributed by atoms with Crippen molar-refractivity contribution in [3.05, 3.63) is 59.4 Å². The molecule has 0 spiro atoms. The zero-order chi connectivity index (χ0) is 17.6. The van der Waals surface area contributed by atoms with E-state index in [9.17, 15) is 4.79 Å². The summed E-state index contributed by atoms with van der Waals surface area (Å²) in [7, 11) is 1.93. The standard InChI is InChI=1S/C20H25N3O2.2ClH/c1-15-8-9-19(13-22-15)25-14-16-5-3-6-17(11-16)20(24)23-10-4-7-18(23)12-21-2;;/h3,5-6,8-9,11,13,18,21H,4,7,10,12,14H2,1-2H3;2*1H. The molecular formula is C20H27Cl2N3O2. The number of pyridine rings is 1. The van der Waals surface area contributed by atoms with E-state index in [0.29, 0.717) is 6.61 Å². The van der Waals surface area contributed by atoms with E-state index in [1.165, 1.54) is 0 Å². The van der Waals surface area contributed by atoms with E-state index in [4.69, 9.17) is 4.74 Å². The van der Waals surface area contributed by atoms with Crippen LogP contribution in [-0.2, 0) is 6.61 Å². The largest absolute Gasteiger partial charge is 0.487 e. The summed E-state index contributed by atoms with van der Waals surface area (Å²) in [5.74, 6) is 0.840. The molecule has 148 valence electrons. The Bertz CT molecular complexity index is 725. The molecule has 0 radical (unpaired) electrons. The molecule has 1 saturated heterocycles. The van der Waals surface area contributed by atoms with Crippen molar-refractivity contribution in [3.8, 4) is 5.75 Å². The van der Waals surface area contributed by atoms with Crippen LogP contribution in [0.5, 0.6) is 5.75 Å². The number of carbonyl (C=O) groups is 1. The molecule has 2 heterocycles. The average Bonchev–Trinajstić information content (AvgIpc) is 3.09. The third kappa shape index (κ3) is 6.09. The van der Waals surface area contributed by atoms with Gasteiger partial charge in [-0.3, -0.25) is 9.78 Å². The molecule has 2 aromatic rings. The highest BCUT2D eigenvalue weighted by atomic mass is 35.5. The SMILES string of the molecule is CNCC1CCCN1C(=O)c1cccc(COc2ccc(C)nc2)c1.Cl.Cl. The molecule has 1 fully saturated rings. The van der Waals surface area contributed by atoms with Crippen LogP contribution < -0.4 is 10.1 Å². The highest BCUT2D eigenvalue weighted by Gasteiger charge is 2.28. The summed E-state index contributed by atoms with van der Waals surface area (Å²) in [4.78, 5) is 19.1. The number of likely N-dealkylation sites (N-methyl/N-ethyl adjacent to an activating group) is 1. The van der Waals surface area contributed by atoms with Gasteiger partial charge in [0.05, 0.1) is 6.20 Å². The number of nitrogens with zero attached hydrogens (tertiary/aromatic N) is 2. The lowest BCUT2D eigenvalue weighted by molar-refractivity contribution is 0.0737. The average molecular weight is 412 g/mol. The molecule has 1 N–H and O–H groups in total. The molecule has 1 aliphatic rings. The maximum Gasteiger partial charge on any atom is 0.254 e. The third-order valence-corrected chi connectivity index (χ3v) is 4.54. The van der Waals surface area contributed by atoms with Crippen molar-refractivity contribution >= 4 is 30.7 Å². The Kier molecular flexibility index (Phi) is 9.56. The molecule has 3 rings (SSSR count). The molecule has 0 bridgehead atoms. The molecule has 1 atom stereocenters. The van der Waals surface area contributed by atoms with E-state index >= 15 is 0 Å². The summed E-state index contributed by atoms with van der Waals surface area (Å²) in [6.45, 7) is 4.04. The van der Waals surface area contributed by atoms with Gasteiger partial charge in [0.2, 0.25) is 0 Å². The molecule has 1 aromatic carbocycles. The Hall–Kier alpha value is -1.82. The van der Waals surface area contributed by atoms with Crippen LogP contribution in [0.1, 0.15) is 34.5 Å². The van der Waals surface area contributed by atoms with Crippen molar-refractivity contribution in [3.63, 3.8) is 0 Å². The van der Waals surface area contributed by atoms with Crippen LogP contribution in [0.4, 0.5) is 0 Å². The zero-order valence-electron chi connectivity index (χ0n) is 15.7. The number of carbonyl (C=O) groups excluding carboxylic acids is 1. The van der Waals surface area contributed by atoms with Crippen molar-refractivity contribution in [1.29, 1.82) is 0 Å². The van der Waals surface area contributed by atoms with E-state index in [1.54, 1.807) is 6.20 Å². The third-order valence-electron chi connectivity index (χ3n) is 4.54. The molecule has 1 aliphatic heterocycles. The fourth-order valence-corrected chi connectivity index (χ4v) is 3.22. The molecule has 5 nitrogen and oxygen atoms in total. The molecule has 0 saturated carbocycles. The number of nitrogens with one attached hydrogen (secondary N) is 1. The van der Waals surface area contributed by atoms with Gasteiger partial charge in [0, 0.05) is 30.4 Å². The summed E-state index contributed by atoms with van der Waals surface area (Å²) < 4.78 is 5.77. The van der Waals surface area contributed by atoms with Gasteiger partial charge in [-0.05, 0) is 56.6 Å². The fourth-order valence-electron chi connectivity index (χ4n) is 3.22. The van der Waals surface area contributed by atoms with Gasteiger partial charge in [0.25, 0.3) is 5.91 Å². The minimum atomic E-state index is 0. The van der Waals surface area contributed by atoms with E-state index < -0.39 is 0 Å². The van der Waals surface area contributed by atoms with Gasteiger partial charge in [-0.25, -0.2) is 0 Å². The van der Waals surface area contributed by atoms with Gasteiger partial charge in [-0.1, -0.05) is 12.1 Å². The van der Waals surface area contributed by atoms with Crippen molar-refractivity contribution in [2.45, 2.75) is 32.4 Å². The van der Waals surface area contributed by atoms with Gasteiger partial charge in [0.1, 0.15) is 12.4 Å². The summed E-state index contributed by atoms with van der Waals surface area (Å²) in [6, 6.07) is 11.8. The topological polar surface area (TPSA) is 54.5 Å². The number of amides is 1. The van der Waals surface area contributed by atoms with Crippen LogP contribution in [0.2, 0.25) is 0 Å². The smallest absolute Gasteiger partial charge is 0.254 e. The van der Waals surface area contributed by atoms with Crippen molar-refractivity contribution < 1.29 is 9.53 Å². The molecule has 1 unspecified atom stereocenters. The molecule has 27 heavy (non-hydrogen) atoms. The Balaban J connectivity index is 0.00000182. The molecule has 1 amide bonds. The number of benzene rings is 1. The van der Waals surface area contributed by atoms with Gasteiger partial charge >= 0.3 is 0 Å². The second-order valence-electron chi connectivity index (χ2n) is 6.48. The highest BCUT2D eigenvalue weighted by molar-refractivity contribution is 5.94. The second kappa shape index (κ2) is 11.1. The minimum absolute atomic E-state index is 0. The maximum atomic E-state index is 12.8. The van der Waals surface area contributed by atoms with Crippen LogP contribution >= 0.6 is 24.8 Å². The number of hydrogen-bond acceptors (Lipinski definition) is 4. The van der Waals surface area contributed by atoms with Crippen LogP contribution in [0.3, 0.4) is 0 Å². The van der Waals surface area contributed by atoms with Gasteiger partial charge in [-0.15, -0.1) is 24.8 Å².